The highest BCUT2D eigenvalue weighted by Gasteiger charge is 2.16. The van der Waals surface area contributed by atoms with Crippen LogP contribution >= 0.6 is 11.6 Å². The number of halogens is 2. The molecule has 2 heterocycles. The molecule has 0 unspecified atom stereocenters. The van der Waals surface area contributed by atoms with E-state index in [1.807, 2.05) is 41.8 Å². The van der Waals surface area contributed by atoms with Gasteiger partial charge in [-0.1, -0.05) is 11.6 Å². The zero-order valence-corrected chi connectivity index (χ0v) is 13.5. The minimum atomic E-state index is -0.247. The Morgan fingerprint density at radius 3 is 2.74 bits per heavy atom. The molecule has 118 valence electrons. The molecular weight excluding hydrogens is 313 g/mol. The summed E-state index contributed by atoms with van der Waals surface area (Å²) < 4.78 is 16.0. The lowest BCUT2D eigenvalue weighted by molar-refractivity contribution is 0.555. The van der Waals surface area contributed by atoms with E-state index in [-0.39, 0.29) is 18.9 Å². The number of fused-ring (bicyclic) bond motifs is 1. The van der Waals surface area contributed by atoms with Crippen molar-refractivity contribution < 1.29 is 4.39 Å². The molecule has 1 aromatic carbocycles. The molecule has 0 bridgehead atoms. The van der Waals surface area contributed by atoms with Gasteiger partial charge in [0.1, 0.15) is 5.83 Å². The minimum Gasteiger partial charge on any atom is -0.337 e. The summed E-state index contributed by atoms with van der Waals surface area (Å²) in [7, 11) is 0. The Labute approximate surface area is 139 Å². The van der Waals surface area contributed by atoms with E-state index in [1.165, 1.54) is 6.08 Å². The molecule has 0 atom stereocenters. The third-order valence-corrected chi connectivity index (χ3v) is 4.14. The van der Waals surface area contributed by atoms with E-state index in [0.29, 0.717) is 5.02 Å². The molecule has 2 aromatic heterocycles. The maximum Gasteiger partial charge on any atom is 0.117 e. The Balaban J connectivity index is 2.26. The molecule has 3 aromatic rings. The smallest absolute Gasteiger partial charge is 0.117 e. The molecule has 0 saturated heterocycles. The molecule has 0 amide bonds. The molecule has 0 radical (unpaired) electrons. The lowest BCUT2D eigenvalue weighted by Crippen LogP contribution is -2.03. The van der Waals surface area contributed by atoms with Gasteiger partial charge in [0, 0.05) is 46.1 Å². The summed E-state index contributed by atoms with van der Waals surface area (Å²) in [5, 5.41) is 1.66. The highest BCUT2D eigenvalue weighted by atomic mass is 35.5. The number of allylic oxidation sites excluding steroid dienone is 1. The van der Waals surface area contributed by atoms with Gasteiger partial charge >= 0.3 is 0 Å². The summed E-state index contributed by atoms with van der Waals surface area (Å²) in [6, 6.07) is 9.55. The molecule has 0 aliphatic rings. The number of benzene rings is 1. The topological polar surface area (TPSA) is 43.8 Å². The van der Waals surface area contributed by atoms with E-state index in [4.69, 9.17) is 17.3 Å². The summed E-state index contributed by atoms with van der Waals surface area (Å²) in [5.41, 5.74) is 9.40. The van der Waals surface area contributed by atoms with Crippen LogP contribution in [0.15, 0.2) is 54.6 Å². The molecule has 0 aliphatic carbocycles. The van der Waals surface area contributed by atoms with Crippen molar-refractivity contribution in [1.29, 1.82) is 0 Å². The lowest BCUT2D eigenvalue weighted by Gasteiger charge is -2.07. The summed E-state index contributed by atoms with van der Waals surface area (Å²) >= 11 is 6.17. The number of nitrogens with zero attached hydrogens (tertiary/aromatic N) is 2. The molecule has 23 heavy (non-hydrogen) atoms. The fourth-order valence-corrected chi connectivity index (χ4v) is 3.06. The van der Waals surface area contributed by atoms with Crippen LogP contribution in [0.5, 0.6) is 0 Å². The van der Waals surface area contributed by atoms with Crippen LogP contribution in [0.25, 0.3) is 22.0 Å². The first kappa shape index (κ1) is 15.7. The van der Waals surface area contributed by atoms with Gasteiger partial charge in [0.05, 0.1) is 6.54 Å². The SMILES string of the molecule is Cc1c(-c2ccncc2)c2cc(Cl)ccc2n1C/C(F)=C/CN. The van der Waals surface area contributed by atoms with Crippen LogP contribution in [0, 0.1) is 6.92 Å². The molecule has 5 heteroatoms. The maximum absolute atomic E-state index is 14.0. The number of hydrogen-bond donors (Lipinski definition) is 1. The number of pyridine rings is 1. The third kappa shape index (κ3) is 3.00. The first-order valence-electron chi connectivity index (χ1n) is 7.35. The zero-order valence-electron chi connectivity index (χ0n) is 12.8. The molecule has 2 N–H and O–H groups in total. The zero-order chi connectivity index (χ0) is 16.4. The second kappa shape index (κ2) is 6.52. The molecule has 0 aliphatic heterocycles. The molecule has 0 spiro atoms. The van der Waals surface area contributed by atoms with Crippen molar-refractivity contribution in [1.82, 2.24) is 9.55 Å². The van der Waals surface area contributed by atoms with Crippen LogP contribution in [0.1, 0.15) is 5.69 Å². The van der Waals surface area contributed by atoms with Gasteiger partial charge in [0.2, 0.25) is 0 Å². The summed E-state index contributed by atoms with van der Waals surface area (Å²) in [6.07, 6.45) is 4.89. The van der Waals surface area contributed by atoms with Gasteiger partial charge in [-0.05, 0) is 48.9 Å². The Morgan fingerprint density at radius 2 is 2.04 bits per heavy atom. The van der Waals surface area contributed by atoms with Crippen molar-refractivity contribution in [2.75, 3.05) is 6.54 Å². The fourth-order valence-electron chi connectivity index (χ4n) is 2.88. The van der Waals surface area contributed by atoms with Crippen molar-refractivity contribution in [3.05, 3.63) is 65.3 Å². The first-order chi connectivity index (χ1) is 11.1. The van der Waals surface area contributed by atoms with Crippen molar-refractivity contribution in [3.8, 4) is 11.1 Å². The van der Waals surface area contributed by atoms with Crippen LogP contribution in [0.3, 0.4) is 0 Å². The Kier molecular flexibility index (Phi) is 4.46. The van der Waals surface area contributed by atoms with Crippen molar-refractivity contribution in [2.45, 2.75) is 13.5 Å². The first-order valence-corrected chi connectivity index (χ1v) is 7.73. The third-order valence-electron chi connectivity index (χ3n) is 3.90. The maximum atomic E-state index is 14.0. The summed E-state index contributed by atoms with van der Waals surface area (Å²) in [4.78, 5) is 4.06. The average Bonchev–Trinajstić information content (AvgIpc) is 2.80. The monoisotopic (exact) mass is 329 g/mol. The second-order valence-electron chi connectivity index (χ2n) is 5.33. The highest BCUT2D eigenvalue weighted by molar-refractivity contribution is 6.31. The number of rotatable bonds is 4. The molecule has 0 fully saturated rings. The van der Waals surface area contributed by atoms with Crippen LogP contribution in [-0.2, 0) is 6.54 Å². The fraction of sp³-hybridized carbons (Fsp3) is 0.167. The Bertz CT molecular complexity index is 869. The highest BCUT2D eigenvalue weighted by Crippen LogP contribution is 2.36. The largest absolute Gasteiger partial charge is 0.337 e. The Morgan fingerprint density at radius 1 is 1.30 bits per heavy atom. The van der Waals surface area contributed by atoms with Crippen molar-refractivity contribution in [2.24, 2.45) is 5.73 Å². The molecule has 3 rings (SSSR count). The molecule has 3 nitrogen and oxygen atoms in total. The summed E-state index contributed by atoms with van der Waals surface area (Å²) in [5.74, 6) is -0.247. The van der Waals surface area contributed by atoms with E-state index >= 15 is 0 Å². The van der Waals surface area contributed by atoms with E-state index in [0.717, 1.165) is 27.7 Å². The van der Waals surface area contributed by atoms with E-state index in [9.17, 15) is 4.39 Å². The van der Waals surface area contributed by atoms with Crippen LogP contribution in [-0.4, -0.2) is 16.1 Å². The normalized spacial score (nSPS) is 12.1. The Hall–Kier alpha value is -2.17. The van der Waals surface area contributed by atoms with Crippen molar-refractivity contribution in [3.63, 3.8) is 0 Å². The van der Waals surface area contributed by atoms with Gasteiger partial charge in [-0.3, -0.25) is 4.98 Å². The average molecular weight is 330 g/mol. The molecular formula is C18H17ClFN3. The predicted octanol–water partition coefficient (Wildman–Crippen LogP) is 4.48. The molecule has 0 saturated carbocycles. The predicted molar refractivity (Wildman–Crippen MR) is 93.2 cm³/mol. The van der Waals surface area contributed by atoms with Gasteiger partial charge in [0.15, 0.2) is 0 Å². The van der Waals surface area contributed by atoms with Gasteiger partial charge in [0.25, 0.3) is 0 Å². The van der Waals surface area contributed by atoms with Crippen LogP contribution < -0.4 is 5.73 Å². The van der Waals surface area contributed by atoms with Gasteiger partial charge in [-0.2, -0.15) is 0 Å². The number of aromatic nitrogens is 2. The van der Waals surface area contributed by atoms with Gasteiger partial charge in [-0.15, -0.1) is 0 Å². The van der Waals surface area contributed by atoms with Crippen molar-refractivity contribution >= 4 is 22.5 Å². The van der Waals surface area contributed by atoms with Gasteiger partial charge in [-0.25, -0.2) is 4.39 Å². The lowest BCUT2D eigenvalue weighted by atomic mass is 10.0. The number of nitrogens with two attached hydrogens (primary N) is 1. The van der Waals surface area contributed by atoms with Crippen LogP contribution in [0.4, 0.5) is 4.39 Å². The van der Waals surface area contributed by atoms with E-state index in [2.05, 4.69) is 4.98 Å². The quantitative estimate of drug-likeness (QED) is 0.767. The number of hydrogen-bond acceptors (Lipinski definition) is 2. The van der Waals surface area contributed by atoms with Gasteiger partial charge < -0.3 is 10.3 Å². The van der Waals surface area contributed by atoms with Crippen LogP contribution in [0.2, 0.25) is 5.02 Å². The minimum absolute atomic E-state index is 0.159. The van der Waals surface area contributed by atoms with E-state index in [1.54, 1.807) is 12.4 Å². The van der Waals surface area contributed by atoms with E-state index < -0.39 is 0 Å². The standard InChI is InChI=1S/C18H17ClFN3/c1-12-18(13-5-8-22-9-6-13)16-10-14(19)2-3-17(16)23(12)11-15(20)4-7-21/h2-6,8-10H,7,11,21H2,1H3/b15-4-. The second-order valence-corrected chi connectivity index (χ2v) is 5.77. The summed E-state index contributed by atoms with van der Waals surface area (Å²) in [6.45, 7) is 2.33.